The summed E-state index contributed by atoms with van der Waals surface area (Å²) in [5, 5.41) is 0. The molecule has 0 saturated heterocycles. The number of carbonyl (C=O) groups excluding carboxylic acids is 3. The van der Waals surface area contributed by atoms with E-state index in [9.17, 15) is 18.8 Å². The van der Waals surface area contributed by atoms with E-state index in [-0.39, 0.29) is 19.0 Å². The molecule has 7 heteroatoms. The van der Waals surface area contributed by atoms with Gasteiger partial charge in [-0.3, -0.25) is 19.3 Å². The van der Waals surface area contributed by atoms with Gasteiger partial charge in [-0.1, -0.05) is 40.2 Å². The van der Waals surface area contributed by atoms with Crippen LogP contribution in [0, 0.1) is 5.82 Å². The summed E-state index contributed by atoms with van der Waals surface area (Å²) in [6.45, 7) is 0.0167. The molecule has 0 atom stereocenters. The quantitative estimate of drug-likeness (QED) is 0.519. The fourth-order valence-corrected chi connectivity index (χ4v) is 3.81. The van der Waals surface area contributed by atoms with Crippen LogP contribution in [-0.2, 0) is 0 Å². The number of rotatable bonds is 5. The molecule has 0 unspecified atom stereocenters. The molecule has 0 spiro atoms. The summed E-state index contributed by atoms with van der Waals surface area (Å²) in [6.07, 6.45) is 0. The van der Waals surface area contributed by atoms with Crippen molar-refractivity contribution in [2.45, 2.75) is 0 Å². The van der Waals surface area contributed by atoms with Gasteiger partial charge in [-0.25, -0.2) is 4.39 Å². The summed E-state index contributed by atoms with van der Waals surface area (Å²) in [4.78, 5) is 40.9. The Morgan fingerprint density at radius 2 is 1.57 bits per heavy atom. The maximum absolute atomic E-state index is 13.8. The van der Waals surface area contributed by atoms with Crippen LogP contribution in [0.2, 0.25) is 0 Å². The number of amides is 3. The molecule has 1 aliphatic rings. The van der Waals surface area contributed by atoms with Gasteiger partial charge in [0.15, 0.2) is 0 Å². The van der Waals surface area contributed by atoms with Gasteiger partial charge in [-0.15, -0.1) is 0 Å². The first-order chi connectivity index (χ1) is 14.5. The van der Waals surface area contributed by atoms with Crippen molar-refractivity contribution in [2.75, 3.05) is 18.0 Å². The van der Waals surface area contributed by atoms with Crippen LogP contribution in [0.3, 0.4) is 0 Å². The van der Waals surface area contributed by atoms with E-state index < -0.39 is 17.6 Å². The molecule has 0 N–H and O–H groups in total. The largest absolute Gasteiger partial charge is 0.306 e. The van der Waals surface area contributed by atoms with Crippen molar-refractivity contribution in [3.05, 3.63) is 99.8 Å². The van der Waals surface area contributed by atoms with Crippen LogP contribution in [-0.4, -0.2) is 35.7 Å². The molecule has 1 heterocycles. The van der Waals surface area contributed by atoms with E-state index in [0.717, 1.165) is 9.37 Å². The predicted molar refractivity (Wildman–Crippen MR) is 114 cm³/mol. The lowest BCUT2D eigenvalue weighted by Gasteiger charge is -2.25. The monoisotopic (exact) mass is 466 g/mol. The molecule has 0 bridgehead atoms. The van der Waals surface area contributed by atoms with Crippen LogP contribution in [0.15, 0.2) is 77.3 Å². The Kier molecular flexibility index (Phi) is 5.46. The average molecular weight is 467 g/mol. The van der Waals surface area contributed by atoms with Gasteiger partial charge in [-0.05, 0) is 48.5 Å². The van der Waals surface area contributed by atoms with Crippen molar-refractivity contribution < 1.29 is 18.8 Å². The number of carbonyl (C=O) groups is 3. The Morgan fingerprint density at radius 3 is 2.20 bits per heavy atom. The molecule has 150 valence electrons. The number of benzene rings is 3. The molecule has 4 rings (SSSR count). The highest BCUT2D eigenvalue weighted by atomic mass is 79.9. The third-order valence-corrected chi connectivity index (χ3v) is 5.36. The Bertz CT molecular complexity index is 1130. The van der Waals surface area contributed by atoms with E-state index in [2.05, 4.69) is 15.9 Å². The molecule has 3 aromatic rings. The van der Waals surface area contributed by atoms with Gasteiger partial charge in [-0.2, -0.15) is 0 Å². The number of anilines is 1. The smallest absolute Gasteiger partial charge is 0.261 e. The predicted octanol–water partition coefficient (Wildman–Crippen LogP) is 4.53. The van der Waals surface area contributed by atoms with E-state index in [0.29, 0.717) is 22.4 Å². The second-order valence-electron chi connectivity index (χ2n) is 6.75. The number of halogens is 2. The lowest BCUT2D eigenvalue weighted by molar-refractivity contribution is 0.0654. The van der Waals surface area contributed by atoms with Gasteiger partial charge in [0, 0.05) is 28.8 Å². The van der Waals surface area contributed by atoms with E-state index in [1.54, 1.807) is 54.6 Å². The molecular formula is C23H16BrFN2O3. The lowest BCUT2D eigenvalue weighted by Crippen LogP contribution is -2.41. The van der Waals surface area contributed by atoms with E-state index in [4.69, 9.17) is 0 Å². The maximum atomic E-state index is 13.8. The van der Waals surface area contributed by atoms with E-state index in [1.165, 1.54) is 23.1 Å². The van der Waals surface area contributed by atoms with Gasteiger partial charge in [0.05, 0.1) is 11.1 Å². The summed E-state index contributed by atoms with van der Waals surface area (Å²) in [5.74, 6) is -1.65. The number of imide groups is 1. The second kappa shape index (κ2) is 8.20. The number of hydrogen-bond acceptors (Lipinski definition) is 3. The molecule has 0 aliphatic carbocycles. The Balaban J connectivity index is 1.62. The van der Waals surface area contributed by atoms with Crippen LogP contribution in [0.1, 0.15) is 31.1 Å². The van der Waals surface area contributed by atoms with Crippen molar-refractivity contribution >= 4 is 39.3 Å². The molecule has 3 amide bonds. The summed E-state index contributed by atoms with van der Waals surface area (Å²) in [5.41, 5.74) is 1.43. The summed E-state index contributed by atoms with van der Waals surface area (Å²) in [6, 6.07) is 19.1. The summed E-state index contributed by atoms with van der Waals surface area (Å²) >= 11 is 3.34. The Labute approximate surface area is 180 Å². The minimum atomic E-state index is -0.486. The van der Waals surface area contributed by atoms with E-state index >= 15 is 0 Å². The van der Waals surface area contributed by atoms with Gasteiger partial charge in [0.25, 0.3) is 17.7 Å². The van der Waals surface area contributed by atoms with Crippen molar-refractivity contribution in [3.8, 4) is 0 Å². The van der Waals surface area contributed by atoms with Crippen LogP contribution in [0.5, 0.6) is 0 Å². The molecular weight excluding hydrogens is 451 g/mol. The first-order valence-corrected chi connectivity index (χ1v) is 10.0. The van der Waals surface area contributed by atoms with Crippen LogP contribution >= 0.6 is 15.9 Å². The normalized spacial score (nSPS) is 12.8. The third-order valence-electron chi connectivity index (χ3n) is 4.86. The van der Waals surface area contributed by atoms with E-state index in [1.807, 2.05) is 0 Å². The van der Waals surface area contributed by atoms with Crippen molar-refractivity contribution in [1.29, 1.82) is 0 Å². The zero-order valence-corrected chi connectivity index (χ0v) is 17.3. The van der Waals surface area contributed by atoms with Gasteiger partial charge in [0.1, 0.15) is 5.82 Å². The standard InChI is InChI=1S/C23H16BrFN2O3/c24-16-6-3-5-15(13-16)21(28)26(18-8-4-7-17(25)14-18)11-12-27-22(29)19-9-1-2-10-20(19)23(27)30/h1-10,13-14H,11-12H2. The summed E-state index contributed by atoms with van der Waals surface area (Å²) in [7, 11) is 0. The number of fused-ring (bicyclic) bond motifs is 1. The average Bonchev–Trinajstić information content (AvgIpc) is 2.99. The van der Waals surface area contributed by atoms with Crippen molar-refractivity contribution in [2.24, 2.45) is 0 Å². The SMILES string of the molecule is O=C1c2ccccc2C(=O)N1CCN(C(=O)c1cccc(Br)c1)c1cccc(F)c1. The first kappa shape index (κ1) is 20.0. The molecule has 5 nitrogen and oxygen atoms in total. The minimum absolute atomic E-state index is 0.0113. The van der Waals surface area contributed by atoms with Crippen LogP contribution in [0.25, 0.3) is 0 Å². The molecule has 1 aliphatic heterocycles. The van der Waals surface area contributed by atoms with Crippen molar-refractivity contribution in [3.63, 3.8) is 0 Å². The Morgan fingerprint density at radius 1 is 0.900 bits per heavy atom. The molecule has 0 fully saturated rings. The molecule has 0 saturated carbocycles. The molecule has 3 aromatic carbocycles. The van der Waals surface area contributed by atoms with Crippen LogP contribution in [0.4, 0.5) is 10.1 Å². The third kappa shape index (κ3) is 3.76. The number of nitrogens with zero attached hydrogens (tertiary/aromatic N) is 2. The first-order valence-electron chi connectivity index (χ1n) is 9.24. The van der Waals surface area contributed by atoms with Gasteiger partial charge in [0.2, 0.25) is 0 Å². The topological polar surface area (TPSA) is 57.7 Å². The molecule has 0 radical (unpaired) electrons. The fourth-order valence-electron chi connectivity index (χ4n) is 3.41. The molecule has 0 aromatic heterocycles. The zero-order valence-electron chi connectivity index (χ0n) is 15.7. The second-order valence-corrected chi connectivity index (χ2v) is 7.67. The summed E-state index contributed by atoms with van der Waals surface area (Å²) < 4.78 is 14.6. The lowest BCUT2D eigenvalue weighted by atomic mass is 10.1. The Hall–Kier alpha value is -3.32. The molecule has 30 heavy (non-hydrogen) atoms. The van der Waals surface area contributed by atoms with Gasteiger partial charge < -0.3 is 4.90 Å². The zero-order chi connectivity index (χ0) is 21.3. The van der Waals surface area contributed by atoms with Crippen LogP contribution < -0.4 is 4.90 Å². The van der Waals surface area contributed by atoms with Crippen molar-refractivity contribution in [1.82, 2.24) is 4.90 Å². The highest BCUT2D eigenvalue weighted by Crippen LogP contribution is 2.24. The van der Waals surface area contributed by atoms with Gasteiger partial charge >= 0.3 is 0 Å². The highest BCUT2D eigenvalue weighted by Gasteiger charge is 2.35. The maximum Gasteiger partial charge on any atom is 0.261 e. The minimum Gasteiger partial charge on any atom is -0.306 e. The number of hydrogen-bond donors (Lipinski definition) is 0. The fraction of sp³-hybridized carbons (Fsp3) is 0.0870. The highest BCUT2D eigenvalue weighted by molar-refractivity contribution is 9.10.